The highest BCUT2D eigenvalue weighted by Gasteiger charge is 2.36. The molecule has 2 rings (SSSR count). The smallest absolute Gasteiger partial charge is 0.384 e. The van der Waals surface area contributed by atoms with Crippen molar-refractivity contribution in [3.8, 4) is 0 Å². The Bertz CT molecular complexity index is 804. The fraction of sp³-hybridized carbons (Fsp3) is 0.118. The molecule has 2 nitrogen and oxygen atoms in total. The third-order valence-electron chi connectivity index (χ3n) is 3.14. The van der Waals surface area contributed by atoms with Gasteiger partial charge in [0.05, 0.1) is 16.8 Å². The van der Waals surface area contributed by atoms with Gasteiger partial charge >= 0.3 is 12.4 Å². The lowest BCUT2D eigenvalue weighted by molar-refractivity contribution is -0.143. The zero-order valence-corrected chi connectivity index (χ0v) is 13.6. The minimum atomic E-state index is -4.91. The maximum atomic E-state index is 12.8. The number of hydrogen-bond donors (Lipinski definition) is 1. The van der Waals surface area contributed by atoms with Gasteiger partial charge in [-0.2, -0.15) is 26.3 Å². The molecule has 0 saturated carbocycles. The van der Waals surface area contributed by atoms with Crippen LogP contribution in [0.15, 0.2) is 53.5 Å². The highest BCUT2D eigenvalue weighted by atomic mass is 35.5. The summed E-state index contributed by atoms with van der Waals surface area (Å²) in [6.45, 7) is 0. The van der Waals surface area contributed by atoms with Crippen molar-refractivity contribution in [3.05, 3.63) is 70.3 Å². The van der Waals surface area contributed by atoms with Crippen molar-refractivity contribution >= 4 is 29.2 Å². The summed E-state index contributed by atoms with van der Waals surface area (Å²) >= 11 is 5.72. The van der Waals surface area contributed by atoms with Crippen LogP contribution in [0.3, 0.4) is 0 Å². The lowest BCUT2D eigenvalue weighted by Gasteiger charge is -2.12. The van der Waals surface area contributed by atoms with Crippen LogP contribution in [0.2, 0.25) is 5.02 Å². The van der Waals surface area contributed by atoms with Gasteiger partial charge in [-0.25, -0.2) is 4.99 Å². The molecule has 0 aliphatic rings. The molecule has 0 aliphatic heterocycles. The largest absolute Gasteiger partial charge is 0.416 e. The van der Waals surface area contributed by atoms with E-state index in [0.717, 1.165) is 12.2 Å². The SMILES string of the molecule is NC(/C=C/c1cc(C(F)(F)F)cc(C(F)(F)F)c1)=Nc1ccc(Cl)cc1. The van der Waals surface area contributed by atoms with Crippen molar-refractivity contribution in [2.75, 3.05) is 0 Å². The van der Waals surface area contributed by atoms with Crippen molar-refractivity contribution in [2.24, 2.45) is 10.7 Å². The van der Waals surface area contributed by atoms with E-state index in [-0.39, 0.29) is 17.5 Å². The summed E-state index contributed by atoms with van der Waals surface area (Å²) in [5.74, 6) is -0.0988. The highest BCUT2D eigenvalue weighted by molar-refractivity contribution is 6.30. The molecule has 0 aliphatic carbocycles. The van der Waals surface area contributed by atoms with E-state index >= 15 is 0 Å². The molecule has 138 valence electrons. The zero-order valence-electron chi connectivity index (χ0n) is 12.9. The number of benzene rings is 2. The van der Waals surface area contributed by atoms with Crippen LogP contribution in [-0.2, 0) is 12.4 Å². The quantitative estimate of drug-likeness (QED) is 0.384. The first-order chi connectivity index (χ1) is 11.9. The van der Waals surface area contributed by atoms with E-state index in [1.54, 1.807) is 24.3 Å². The molecule has 0 heterocycles. The molecule has 0 radical (unpaired) electrons. The zero-order chi connectivity index (χ0) is 19.5. The monoisotopic (exact) mass is 392 g/mol. The third-order valence-corrected chi connectivity index (χ3v) is 3.39. The van der Waals surface area contributed by atoms with E-state index in [1.165, 1.54) is 0 Å². The predicted molar refractivity (Wildman–Crippen MR) is 88.2 cm³/mol. The van der Waals surface area contributed by atoms with Crippen LogP contribution in [0, 0.1) is 0 Å². The van der Waals surface area contributed by atoms with E-state index < -0.39 is 23.5 Å². The van der Waals surface area contributed by atoms with Gasteiger partial charge in [0.1, 0.15) is 5.84 Å². The van der Waals surface area contributed by atoms with Crippen molar-refractivity contribution in [1.29, 1.82) is 0 Å². The Morgan fingerprint density at radius 2 is 1.38 bits per heavy atom. The standard InChI is InChI=1S/C17H11ClF6N2/c18-13-2-4-14(5-3-13)26-15(25)6-1-10-7-11(16(19,20)21)9-12(8-10)17(22,23)24/h1-9H,(H2,25,26)/b6-1+. The average Bonchev–Trinajstić information content (AvgIpc) is 2.53. The molecular weight excluding hydrogens is 382 g/mol. The molecule has 0 fully saturated rings. The summed E-state index contributed by atoms with van der Waals surface area (Å²) in [6, 6.07) is 7.47. The fourth-order valence-corrected chi connectivity index (χ4v) is 2.08. The van der Waals surface area contributed by atoms with Gasteiger partial charge in [-0.05, 0) is 54.1 Å². The molecule has 0 bridgehead atoms. The summed E-state index contributed by atoms with van der Waals surface area (Å²) in [6.07, 6.45) is -7.68. The number of hydrogen-bond acceptors (Lipinski definition) is 1. The maximum Gasteiger partial charge on any atom is 0.416 e. The minimum Gasteiger partial charge on any atom is -0.384 e. The van der Waals surface area contributed by atoms with Crippen LogP contribution in [0.5, 0.6) is 0 Å². The Kier molecular flexibility index (Phi) is 5.65. The molecule has 2 aromatic rings. The van der Waals surface area contributed by atoms with Gasteiger partial charge in [0.25, 0.3) is 0 Å². The van der Waals surface area contributed by atoms with Gasteiger partial charge < -0.3 is 5.73 Å². The summed E-state index contributed by atoms with van der Waals surface area (Å²) in [5.41, 5.74) is 2.94. The molecule has 9 heteroatoms. The van der Waals surface area contributed by atoms with E-state index in [0.29, 0.717) is 22.8 Å². The van der Waals surface area contributed by atoms with Crippen LogP contribution >= 0.6 is 11.6 Å². The molecular formula is C17H11ClF6N2. The Labute approximate surface area is 149 Å². The van der Waals surface area contributed by atoms with Crippen LogP contribution in [0.25, 0.3) is 6.08 Å². The number of halogens is 7. The number of nitrogens with two attached hydrogens (primary N) is 1. The number of aliphatic imine (C=N–C) groups is 1. The van der Waals surface area contributed by atoms with E-state index in [1.807, 2.05) is 0 Å². The van der Waals surface area contributed by atoms with Crippen molar-refractivity contribution in [2.45, 2.75) is 12.4 Å². The van der Waals surface area contributed by atoms with Crippen molar-refractivity contribution < 1.29 is 26.3 Å². The first-order valence-electron chi connectivity index (χ1n) is 7.02. The first-order valence-corrected chi connectivity index (χ1v) is 7.40. The summed E-state index contributed by atoms with van der Waals surface area (Å²) in [7, 11) is 0. The maximum absolute atomic E-state index is 12.8. The van der Waals surface area contributed by atoms with Crippen LogP contribution in [0.4, 0.5) is 32.0 Å². The lowest BCUT2D eigenvalue weighted by atomic mass is 10.0. The number of rotatable bonds is 3. The summed E-state index contributed by atoms with van der Waals surface area (Å²) in [4.78, 5) is 3.96. The van der Waals surface area contributed by atoms with Crippen LogP contribution in [-0.4, -0.2) is 5.84 Å². The Morgan fingerprint density at radius 1 is 0.885 bits per heavy atom. The minimum absolute atomic E-state index is 0.0580. The Balaban J connectivity index is 2.35. The lowest BCUT2D eigenvalue weighted by Crippen LogP contribution is -2.11. The van der Waals surface area contributed by atoms with Gasteiger partial charge in [-0.15, -0.1) is 0 Å². The Morgan fingerprint density at radius 3 is 1.85 bits per heavy atom. The predicted octanol–water partition coefficient (Wildman–Crippen LogP) is 6.08. The van der Waals surface area contributed by atoms with E-state index in [9.17, 15) is 26.3 Å². The Hall–Kier alpha value is -2.48. The summed E-state index contributed by atoms with van der Waals surface area (Å²) < 4.78 is 76.8. The normalized spacial score (nSPS) is 13.4. The second-order valence-electron chi connectivity index (χ2n) is 5.19. The molecule has 0 spiro atoms. The average molecular weight is 393 g/mol. The van der Waals surface area contributed by atoms with Gasteiger partial charge in [0.2, 0.25) is 0 Å². The van der Waals surface area contributed by atoms with E-state index in [4.69, 9.17) is 17.3 Å². The fourth-order valence-electron chi connectivity index (χ4n) is 1.96. The highest BCUT2D eigenvalue weighted by Crippen LogP contribution is 2.36. The van der Waals surface area contributed by atoms with Crippen molar-refractivity contribution in [1.82, 2.24) is 0 Å². The molecule has 0 aromatic heterocycles. The third kappa shape index (κ3) is 5.52. The van der Waals surface area contributed by atoms with Crippen LogP contribution < -0.4 is 5.73 Å². The van der Waals surface area contributed by atoms with Gasteiger partial charge in [0, 0.05) is 5.02 Å². The second kappa shape index (κ2) is 7.41. The first kappa shape index (κ1) is 19.8. The van der Waals surface area contributed by atoms with Crippen molar-refractivity contribution in [3.63, 3.8) is 0 Å². The topological polar surface area (TPSA) is 38.4 Å². The molecule has 0 amide bonds. The summed E-state index contributed by atoms with van der Waals surface area (Å²) in [5, 5.41) is 0.474. The van der Waals surface area contributed by atoms with E-state index in [2.05, 4.69) is 4.99 Å². The van der Waals surface area contributed by atoms with Crippen LogP contribution in [0.1, 0.15) is 16.7 Å². The van der Waals surface area contributed by atoms with Gasteiger partial charge in [0.15, 0.2) is 0 Å². The molecule has 2 aromatic carbocycles. The number of amidine groups is 1. The molecule has 0 unspecified atom stereocenters. The van der Waals surface area contributed by atoms with Gasteiger partial charge in [-0.1, -0.05) is 17.7 Å². The molecule has 0 saturated heterocycles. The molecule has 0 atom stereocenters. The molecule has 26 heavy (non-hydrogen) atoms. The number of alkyl halides is 6. The van der Waals surface area contributed by atoms with Gasteiger partial charge in [-0.3, -0.25) is 0 Å². The number of nitrogens with zero attached hydrogens (tertiary/aromatic N) is 1. The second-order valence-corrected chi connectivity index (χ2v) is 5.62. The molecule has 2 N–H and O–H groups in total.